The Labute approximate surface area is 263 Å². The summed E-state index contributed by atoms with van der Waals surface area (Å²) in [5.41, 5.74) is 1.32. The number of likely N-dealkylation sites (tertiary alicyclic amines) is 1. The van der Waals surface area contributed by atoms with E-state index in [1.807, 2.05) is 54.6 Å². The van der Waals surface area contributed by atoms with Gasteiger partial charge in [0.15, 0.2) is 0 Å². The van der Waals surface area contributed by atoms with Crippen molar-refractivity contribution in [1.82, 2.24) is 4.90 Å². The second-order valence-electron chi connectivity index (χ2n) is 12.8. The average Bonchev–Trinajstić information content (AvgIpc) is 3.45. The van der Waals surface area contributed by atoms with E-state index in [4.69, 9.17) is 18.9 Å². The molecule has 2 amide bonds. The second-order valence-corrected chi connectivity index (χ2v) is 12.8. The van der Waals surface area contributed by atoms with Gasteiger partial charge in [0.2, 0.25) is 0 Å². The number of nitrogens with zero attached hydrogens (tertiary/aromatic N) is 1. The molecule has 2 fully saturated rings. The molecule has 2 aliphatic carbocycles. The Bertz CT molecular complexity index is 1510. The molecule has 10 heteroatoms. The number of nitrogens with one attached hydrogen (secondary N) is 1. The third-order valence-corrected chi connectivity index (χ3v) is 9.08. The number of methoxy groups -OCH3 is 1. The van der Waals surface area contributed by atoms with E-state index in [0.29, 0.717) is 11.3 Å². The van der Waals surface area contributed by atoms with Crippen LogP contribution in [0, 0.1) is 28.6 Å². The summed E-state index contributed by atoms with van der Waals surface area (Å²) in [6.07, 6.45) is 1.87. The number of hydrogen-bond acceptors (Lipinski definition) is 8. The standard InChI is InChI=1S/C35H40N2O8/c1-7-35-20-37(33(41)42-6)30-25(19-43-31(39)34(3,4)5)28(35)27(45-21(2)38)17-24(29(30)35)23-15-11-12-16-26(23)36-32(40)44-18-22-13-9-8-10-14-22/h7-17,25,27-30H,1,18-20H2,2-6H3,(H,36,40)/t25-,27+,28-,29-,30+,35?/m0/s1. The van der Waals surface area contributed by atoms with Gasteiger partial charge in [-0.2, -0.15) is 0 Å². The first kappa shape index (κ1) is 31.8. The van der Waals surface area contributed by atoms with Gasteiger partial charge in [0.05, 0.1) is 24.8 Å². The number of esters is 2. The van der Waals surface area contributed by atoms with Gasteiger partial charge in [-0.3, -0.25) is 14.9 Å². The van der Waals surface area contributed by atoms with E-state index in [1.165, 1.54) is 14.0 Å². The molecule has 45 heavy (non-hydrogen) atoms. The summed E-state index contributed by atoms with van der Waals surface area (Å²) in [6.45, 7) is 11.3. The maximum Gasteiger partial charge on any atom is 0.411 e. The van der Waals surface area contributed by atoms with E-state index in [9.17, 15) is 19.2 Å². The van der Waals surface area contributed by atoms with Crippen molar-refractivity contribution in [3.05, 3.63) is 84.5 Å². The molecule has 3 aliphatic rings. The normalized spacial score (nSPS) is 26.4. The van der Waals surface area contributed by atoms with Gasteiger partial charge in [0.25, 0.3) is 0 Å². The number of hydrogen-bond donors (Lipinski definition) is 1. The first-order chi connectivity index (χ1) is 21.4. The fourth-order valence-electron chi connectivity index (χ4n) is 7.30. The van der Waals surface area contributed by atoms with E-state index in [-0.39, 0.29) is 37.6 Å². The lowest BCUT2D eigenvalue weighted by Crippen LogP contribution is -2.53. The molecule has 1 N–H and O–H groups in total. The van der Waals surface area contributed by atoms with E-state index >= 15 is 0 Å². The number of anilines is 1. The van der Waals surface area contributed by atoms with Gasteiger partial charge in [-0.05, 0) is 44.1 Å². The molecule has 0 spiro atoms. The Morgan fingerprint density at radius 2 is 1.73 bits per heavy atom. The van der Waals surface area contributed by atoms with Crippen molar-refractivity contribution in [3.63, 3.8) is 0 Å². The molecule has 1 unspecified atom stereocenters. The summed E-state index contributed by atoms with van der Waals surface area (Å²) in [4.78, 5) is 53.1. The van der Waals surface area contributed by atoms with Crippen LogP contribution in [-0.4, -0.2) is 61.4 Å². The first-order valence-electron chi connectivity index (χ1n) is 15.0. The van der Waals surface area contributed by atoms with Gasteiger partial charge in [-0.15, -0.1) is 6.58 Å². The third-order valence-electron chi connectivity index (χ3n) is 9.08. The van der Waals surface area contributed by atoms with Crippen LogP contribution < -0.4 is 5.32 Å². The van der Waals surface area contributed by atoms with Gasteiger partial charge < -0.3 is 23.8 Å². The van der Waals surface area contributed by atoms with Gasteiger partial charge >= 0.3 is 24.1 Å². The Kier molecular flexibility index (Phi) is 8.78. The van der Waals surface area contributed by atoms with Crippen molar-refractivity contribution < 1.29 is 38.1 Å². The lowest BCUT2D eigenvalue weighted by molar-refractivity contribution is -0.160. The second kappa shape index (κ2) is 12.4. The summed E-state index contributed by atoms with van der Waals surface area (Å²) >= 11 is 0. The van der Waals surface area contributed by atoms with Crippen LogP contribution in [0.15, 0.2) is 73.3 Å². The van der Waals surface area contributed by atoms with Crippen LogP contribution in [0.1, 0.15) is 38.8 Å². The van der Waals surface area contributed by atoms with Crippen LogP contribution in [0.3, 0.4) is 0 Å². The summed E-state index contributed by atoms with van der Waals surface area (Å²) in [5, 5.41) is 2.88. The van der Waals surface area contributed by atoms with Crippen molar-refractivity contribution in [2.24, 2.45) is 28.6 Å². The Morgan fingerprint density at radius 3 is 2.38 bits per heavy atom. The molecule has 5 rings (SSSR count). The summed E-state index contributed by atoms with van der Waals surface area (Å²) in [6, 6.07) is 16.2. The minimum absolute atomic E-state index is 0.00954. The fourth-order valence-corrected chi connectivity index (χ4v) is 7.30. The van der Waals surface area contributed by atoms with E-state index < -0.39 is 47.0 Å². The monoisotopic (exact) mass is 616 g/mol. The quantitative estimate of drug-likeness (QED) is 0.223. The molecule has 2 aromatic carbocycles. The minimum Gasteiger partial charge on any atom is -0.465 e. The highest BCUT2D eigenvalue weighted by Gasteiger charge is 2.72. The molecular weight excluding hydrogens is 576 g/mol. The van der Waals surface area contributed by atoms with E-state index in [2.05, 4.69) is 11.9 Å². The predicted octanol–water partition coefficient (Wildman–Crippen LogP) is 5.84. The van der Waals surface area contributed by atoms with Crippen LogP contribution in [0.2, 0.25) is 0 Å². The van der Waals surface area contributed by atoms with Crippen LogP contribution in [0.4, 0.5) is 15.3 Å². The number of para-hydroxylation sites is 1. The largest absolute Gasteiger partial charge is 0.465 e. The maximum absolute atomic E-state index is 13.2. The van der Waals surface area contributed by atoms with E-state index in [0.717, 1.165) is 11.1 Å². The van der Waals surface area contributed by atoms with Crippen molar-refractivity contribution in [2.45, 2.75) is 46.4 Å². The van der Waals surface area contributed by atoms with Crippen LogP contribution in [0.5, 0.6) is 0 Å². The van der Waals surface area contributed by atoms with Gasteiger partial charge in [0, 0.05) is 48.2 Å². The summed E-state index contributed by atoms with van der Waals surface area (Å²) in [5.74, 6) is -1.91. The minimum atomic E-state index is -0.747. The lowest BCUT2D eigenvalue weighted by atomic mass is 9.63. The highest BCUT2D eigenvalue weighted by molar-refractivity contribution is 5.91. The van der Waals surface area contributed by atoms with Gasteiger partial charge in [-0.1, -0.05) is 54.6 Å². The molecule has 0 radical (unpaired) electrons. The molecule has 2 aromatic rings. The number of carbonyl (C=O) groups is 4. The molecule has 4 bridgehead atoms. The number of piperidine rings is 1. The number of ether oxygens (including phenoxy) is 4. The van der Waals surface area contributed by atoms with E-state index in [1.54, 1.807) is 37.8 Å². The Hall–Kier alpha value is -4.60. The molecule has 1 aliphatic heterocycles. The summed E-state index contributed by atoms with van der Waals surface area (Å²) in [7, 11) is 1.33. The number of rotatable bonds is 8. The van der Waals surface area contributed by atoms with Crippen LogP contribution >= 0.6 is 0 Å². The SMILES string of the molecule is C=CC12CN(C(=O)OC)[C@@H]3[C@@H](COC(=O)C(C)(C)C)[C@H]1[C@H](OC(C)=O)C=C(c1ccccc1NC(=O)OCc1ccccc1)[C@@H]32. The first-order valence-corrected chi connectivity index (χ1v) is 15.0. The van der Waals surface area contributed by atoms with Gasteiger partial charge in [0.1, 0.15) is 12.7 Å². The fraction of sp³-hybridized carbons (Fsp3) is 0.429. The molecule has 0 aromatic heterocycles. The number of amides is 2. The zero-order chi connectivity index (χ0) is 32.5. The smallest absolute Gasteiger partial charge is 0.411 e. The number of carbonyl (C=O) groups excluding carboxylic acids is 4. The maximum atomic E-state index is 13.2. The predicted molar refractivity (Wildman–Crippen MR) is 167 cm³/mol. The van der Waals surface area contributed by atoms with Crippen molar-refractivity contribution in [1.29, 1.82) is 0 Å². The summed E-state index contributed by atoms with van der Waals surface area (Å²) < 4.78 is 22.5. The topological polar surface area (TPSA) is 120 Å². The molecule has 1 saturated carbocycles. The highest BCUT2D eigenvalue weighted by atomic mass is 16.6. The Morgan fingerprint density at radius 1 is 1.04 bits per heavy atom. The zero-order valence-electron chi connectivity index (χ0n) is 26.3. The van der Waals surface area contributed by atoms with Crippen molar-refractivity contribution >= 4 is 35.4 Å². The zero-order valence-corrected chi connectivity index (χ0v) is 26.3. The van der Waals surface area contributed by atoms with Crippen LogP contribution in [0.25, 0.3) is 5.57 Å². The molecule has 238 valence electrons. The molecule has 6 atom stereocenters. The third kappa shape index (κ3) is 5.93. The molecule has 1 heterocycles. The highest BCUT2D eigenvalue weighted by Crippen LogP contribution is 2.67. The number of benzene rings is 2. The van der Waals surface area contributed by atoms with Crippen molar-refractivity contribution in [3.8, 4) is 0 Å². The average molecular weight is 617 g/mol. The molecule has 1 saturated heterocycles. The van der Waals surface area contributed by atoms with Crippen LogP contribution in [-0.2, 0) is 35.1 Å². The van der Waals surface area contributed by atoms with Gasteiger partial charge in [-0.25, -0.2) is 9.59 Å². The molecular formula is C35H40N2O8. The lowest BCUT2D eigenvalue weighted by Gasteiger charge is -2.46. The van der Waals surface area contributed by atoms with Crippen molar-refractivity contribution in [2.75, 3.05) is 25.6 Å². The molecule has 10 nitrogen and oxygen atoms in total. The Balaban J connectivity index is 1.54.